The van der Waals surface area contributed by atoms with Crippen LogP contribution in [-0.2, 0) is 0 Å². The zero-order chi connectivity index (χ0) is 9.97. The molecular formula is C12H13FO. The van der Waals surface area contributed by atoms with Gasteiger partial charge in [0.25, 0.3) is 0 Å². The van der Waals surface area contributed by atoms with Crippen LogP contribution in [0.4, 0.5) is 4.39 Å². The van der Waals surface area contributed by atoms with E-state index in [2.05, 4.69) is 6.58 Å². The lowest BCUT2D eigenvalue weighted by Gasteiger charge is -2.09. The van der Waals surface area contributed by atoms with Crippen molar-refractivity contribution in [2.45, 2.75) is 12.8 Å². The molecule has 1 fully saturated rings. The van der Waals surface area contributed by atoms with Crippen molar-refractivity contribution in [3.05, 3.63) is 36.2 Å². The first-order chi connectivity index (χ1) is 6.81. The average molecular weight is 192 g/mol. The van der Waals surface area contributed by atoms with Gasteiger partial charge in [0.05, 0.1) is 6.61 Å². The van der Waals surface area contributed by atoms with E-state index in [-0.39, 0.29) is 5.82 Å². The zero-order valence-electron chi connectivity index (χ0n) is 8.00. The minimum atomic E-state index is -0.303. The van der Waals surface area contributed by atoms with E-state index >= 15 is 0 Å². The molecule has 14 heavy (non-hydrogen) atoms. The molecular weight excluding hydrogens is 179 g/mol. The lowest BCUT2D eigenvalue weighted by Crippen LogP contribution is -2.02. The summed E-state index contributed by atoms with van der Waals surface area (Å²) >= 11 is 0. The smallest absolute Gasteiger partial charge is 0.165 e. The summed E-state index contributed by atoms with van der Waals surface area (Å²) in [5.41, 5.74) is 0.727. The maximum absolute atomic E-state index is 13.3. The van der Waals surface area contributed by atoms with Crippen LogP contribution in [-0.4, -0.2) is 6.61 Å². The summed E-state index contributed by atoms with van der Waals surface area (Å²) in [6, 6.07) is 4.88. The van der Waals surface area contributed by atoms with Crippen LogP contribution in [0.1, 0.15) is 18.4 Å². The number of ether oxygens (including phenoxy) is 1. The van der Waals surface area contributed by atoms with Crippen molar-refractivity contribution >= 4 is 6.08 Å². The van der Waals surface area contributed by atoms with Crippen LogP contribution in [0.5, 0.6) is 5.75 Å². The molecule has 1 nitrogen and oxygen atoms in total. The first-order valence-corrected chi connectivity index (χ1v) is 4.85. The van der Waals surface area contributed by atoms with Gasteiger partial charge in [-0.05, 0) is 24.8 Å². The third-order valence-electron chi connectivity index (χ3n) is 2.38. The number of para-hydroxylation sites is 1. The molecule has 0 radical (unpaired) electrons. The Kier molecular flexibility index (Phi) is 2.53. The van der Waals surface area contributed by atoms with E-state index in [1.54, 1.807) is 18.2 Å². The van der Waals surface area contributed by atoms with Gasteiger partial charge < -0.3 is 4.74 Å². The minimum Gasteiger partial charge on any atom is -0.490 e. The summed E-state index contributed by atoms with van der Waals surface area (Å²) in [5, 5.41) is 0. The van der Waals surface area contributed by atoms with Crippen molar-refractivity contribution < 1.29 is 9.13 Å². The summed E-state index contributed by atoms with van der Waals surface area (Å²) < 4.78 is 18.8. The molecule has 0 unspecified atom stereocenters. The standard InChI is InChI=1S/C12H13FO/c1-2-10-4-3-5-11(13)12(10)14-8-9-6-7-9/h2-5,9H,1,6-8H2. The highest BCUT2D eigenvalue weighted by Crippen LogP contribution is 2.31. The summed E-state index contributed by atoms with van der Waals surface area (Å²) in [7, 11) is 0. The Morgan fingerprint density at radius 2 is 2.29 bits per heavy atom. The molecule has 0 atom stereocenters. The fourth-order valence-electron chi connectivity index (χ4n) is 1.32. The van der Waals surface area contributed by atoms with Gasteiger partial charge in [0.1, 0.15) is 0 Å². The van der Waals surface area contributed by atoms with Gasteiger partial charge in [-0.1, -0.05) is 24.8 Å². The predicted octanol–water partition coefficient (Wildman–Crippen LogP) is 3.26. The molecule has 1 aliphatic rings. The second kappa shape index (κ2) is 3.82. The van der Waals surface area contributed by atoms with Gasteiger partial charge in [0.15, 0.2) is 11.6 Å². The number of benzene rings is 1. The van der Waals surface area contributed by atoms with Crippen molar-refractivity contribution in [1.29, 1.82) is 0 Å². The van der Waals surface area contributed by atoms with Gasteiger partial charge in [-0.2, -0.15) is 0 Å². The van der Waals surface area contributed by atoms with Gasteiger partial charge in [-0.3, -0.25) is 0 Å². The Bertz CT molecular complexity index is 342. The first kappa shape index (κ1) is 9.25. The van der Waals surface area contributed by atoms with Gasteiger partial charge in [0, 0.05) is 5.56 Å². The Hall–Kier alpha value is -1.31. The molecule has 0 aromatic heterocycles. The quantitative estimate of drug-likeness (QED) is 0.711. The molecule has 0 amide bonds. The van der Waals surface area contributed by atoms with Gasteiger partial charge in [-0.25, -0.2) is 4.39 Å². The van der Waals surface area contributed by atoms with E-state index in [1.807, 2.05) is 0 Å². The van der Waals surface area contributed by atoms with Gasteiger partial charge >= 0.3 is 0 Å². The molecule has 0 bridgehead atoms. The Morgan fingerprint density at radius 1 is 1.50 bits per heavy atom. The average Bonchev–Trinajstić information content (AvgIpc) is 2.99. The van der Waals surface area contributed by atoms with E-state index in [4.69, 9.17) is 4.74 Å². The third-order valence-corrected chi connectivity index (χ3v) is 2.38. The number of hydrogen-bond acceptors (Lipinski definition) is 1. The molecule has 1 aliphatic carbocycles. The van der Waals surface area contributed by atoms with Crippen molar-refractivity contribution in [2.24, 2.45) is 5.92 Å². The highest BCUT2D eigenvalue weighted by atomic mass is 19.1. The van der Waals surface area contributed by atoms with Crippen LogP contribution >= 0.6 is 0 Å². The largest absolute Gasteiger partial charge is 0.490 e. The van der Waals surface area contributed by atoms with Crippen LogP contribution in [0, 0.1) is 11.7 Å². The fourth-order valence-corrected chi connectivity index (χ4v) is 1.32. The molecule has 0 N–H and O–H groups in total. The lowest BCUT2D eigenvalue weighted by atomic mass is 10.2. The Labute approximate surface area is 83.2 Å². The van der Waals surface area contributed by atoms with Crippen molar-refractivity contribution in [3.63, 3.8) is 0 Å². The molecule has 0 aliphatic heterocycles. The maximum atomic E-state index is 13.3. The normalized spacial score (nSPS) is 15.2. The molecule has 1 aromatic rings. The van der Waals surface area contributed by atoms with Crippen molar-refractivity contribution in [2.75, 3.05) is 6.61 Å². The number of halogens is 1. The molecule has 0 heterocycles. The van der Waals surface area contributed by atoms with Crippen molar-refractivity contribution in [1.82, 2.24) is 0 Å². The van der Waals surface area contributed by atoms with E-state index < -0.39 is 0 Å². The predicted molar refractivity (Wildman–Crippen MR) is 54.7 cm³/mol. The van der Waals surface area contributed by atoms with Crippen LogP contribution in [0.2, 0.25) is 0 Å². The summed E-state index contributed by atoms with van der Waals surface area (Å²) in [6.45, 7) is 4.26. The van der Waals surface area contributed by atoms with Crippen LogP contribution in [0.25, 0.3) is 6.08 Å². The van der Waals surface area contributed by atoms with Crippen LogP contribution in [0.15, 0.2) is 24.8 Å². The zero-order valence-corrected chi connectivity index (χ0v) is 8.00. The highest BCUT2D eigenvalue weighted by molar-refractivity contribution is 5.55. The summed E-state index contributed by atoms with van der Waals surface area (Å²) in [4.78, 5) is 0. The topological polar surface area (TPSA) is 9.23 Å². The molecule has 2 rings (SSSR count). The lowest BCUT2D eigenvalue weighted by molar-refractivity contribution is 0.285. The fraction of sp³-hybridized carbons (Fsp3) is 0.333. The Morgan fingerprint density at radius 3 is 2.93 bits per heavy atom. The van der Waals surface area contributed by atoms with E-state index in [1.165, 1.54) is 18.9 Å². The Balaban J connectivity index is 2.15. The SMILES string of the molecule is C=Cc1cccc(F)c1OCC1CC1. The van der Waals surface area contributed by atoms with Gasteiger partial charge in [-0.15, -0.1) is 0 Å². The monoisotopic (exact) mass is 192 g/mol. The van der Waals surface area contributed by atoms with Gasteiger partial charge in [0.2, 0.25) is 0 Å². The third kappa shape index (κ3) is 1.95. The second-order valence-electron chi connectivity index (χ2n) is 3.62. The molecule has 1 saturated carbocycles. The molecule has 0 spiro atoms. The van der Waals surface area contributed by atoms with Crippen LogP contribution < -0.4 is 4.74 Å². The van der Waals surface area contributed by atoms with E-state index in [0.717, 1.165) is 5.56 Å². The molecule has 2 heteroatoms. The molecule has 0 saturated heterocycles. The molecule has 74 valence electrons. The number of hydrogen-bond donors (Lipinski definition) is 0. The minimum absolute atomic E-state index is 0.303. The van der Waals surface area contributed by atoms with E-state index in [9.17, 15) is 4.39 Å². The second-order valence-corrected chi connectivity index (χ2v) is 3.62. The summed E-state index contributed by atoms with van der Waals surface area (Å²) in [6.07, 6.45) is 4.03. The number of rotatable bonds is 4. The van der Waals surface area contributed by atoms with Crippen molar-refractivity contribution in [3.8, 4) is 5.75 Å². The maximum Gasteiger partial charge on any atom is 0.165 e. The summed E-state index contributed by atoms with van der Waals surface area (Å²) in [5.74, 6) is 0.671. The highest BCUT2D eigenvalue weighted by Gasteiger charge is 2.22. The van der Waals surface area contributed by atoms with Crippen LogP contribution in [0.3, 0.4) is 0 Å². The molecule has 1 aromatic carbocycles. The first-order valence-electron chi connectivity index (χ1n) is 4.85. The van der Waals surface area contributed by atoms with E-state index in [0.29, 0.717) is 18.3 Å².